The van der Waals surface area contributed by atoms with Gasteiger partial charge in [0.1, 0.15) is 5.69 Å². The average Bonchev–Trinajstić information content (AvgIpc) is 2.79. The summed E-state index contributed by atoms with van der Waals surface area (Å²) in [5, 5.41) is 5.31. The third-order valence-corrected chi connectivity index (χ3v) is 3.03. The lowest BCUT2D eigenvalue weighted by atomic mass is 10.2. The van der Waals surface area contributed by atoms with Crippen molar-refractivity contribution in [2.45, 2.75) is 13.5 Å². The minimum atomic E-state index is -0.0176. The van der Waals surface area contributed by atoms with Crippen LogP contribution in [0.3, 0.4) is 0 Å². The van der Waals surface area contributed by atoms with Crippen molar-refractivity contribution in [1.29, 1.82) is 0 Å². The van der Waals surface area contributed by atoms with Crippen LogP contribution >= 0.6 is 0 Å². The highest BCUT2D eigenvalue weighted by Crippen LogP contribution is 2.19. The van der Waals surface area contributed by atoms with E-state index in [1.807, 2.05) is 47.1 Å². The van der Waals surface area contributed by atoms with Gasteiger partial charge >= 0.3 is 0 Å². The van der Waals surface area contributed by atoms with Crippen molar-refractivity contribution >= 4 is 16.7 Å². The van der Waals surface area contributed by atoms with E-state index in [2.05, 4.69) is 10.1 Å². The minimum Gasteiger partial charge on any atom is -0.293 e. The maximum Gasteiger partial charge on any atom is 0.180 e. The fraction of sp³-hybridized carbons (Fsp3) is 0.133. The summed E-state index contributed by atoms with van der Waals surface area (Å²) < 4.78 is 1.83. The first-order valence-electron chi connectivity index (χ1n) is 6.12. The number of fused-ring (bicyclic) bond motifs is 1. The van der Waals surface area contributed by atoms with E-state index in [1.165, 1.54) is 0 Å². The van der Waals surface area contributed by atoms with Crippen LogP contribution in [0, 0.1) is 0 Å². The summed E-state index contributed by atoms with van der Waals surface area (Å²) in [6, 6.07) is 13.5. The van der Waals surface area contributed by atoms with E-state index in [1.54, 1.807) is 13.1 Å². The molecule has 3 rings (SSSR count). The first kappa shape index (κ1) is 11.6. The second-order valence-corrected chi connectivity index (χ2v) is 4.40. The topological polar surface area (TPSA) is 47.8 Å². The van der Waals surface area contributed by atoms with Gasteiger partial charge in [0.05, 0.1) is 17.8 Å². The Balaban J connectivity index is 2.11. The van der Waals surface area contributed by atoms with Gasteiger partial charge < -0.3 is 0 Å². The first-order valence-corrected chi connectivity index (χ1v) is 6.12. The third-order valence-electron chi connectivity index (χ3n) is 3.03. The molecule has 0 bridgehead atoms. The summed E-state index contributed by atoms with van der Waals surface area (Å²) in [5.74, 6) is -0.0176. The lowest BCUT2D eigenvalue weighted by Gasteiger charge is -2.02. The summed E-state index contributed by atoms with van der Waals surface area (Å²) in [4.78, 5) is 15.9. The van der Waals surface area contributed by atoms with Gasteiger partial charge in [0.25, 0.3) is 0 Å². The summed E-state index contributed by atoms with van der Waals surface area (Å²) in [7, 11) is 0. The molecule has 3 aromatic rings. The predicted octanol–water partition coefficient (Wildman–Crippen LogP) is 2.68. The number of nitrogens with zero attached hydrogens (tertiary/aromatic N) is 3. The van der Waals surface area contributed by atoms with Crippen LogP contribution in [0.4, 0.5) is 0 Å². The van der Waals surface area contributed by atoms with Crippen molar-refractivity contribution in [1.82, 2.24) is 14.8 Å². The van der Waals surface area contributed by atoms with Crippen LogP contribution < -0.4 is 0 Å². The first-order chi connectivity index (χ1) is 9.25. The smallest absolute Gasteiger partial charge is 0.180 e. The number of hydrogen-bond donors (Lipinski definition) is 0. The van der Waals surface area contributed by atoms with Crippen LogP contribution in [0.5, 0.6) is 0 Å². The van der Waals surface area contributed by atoms with Gasteiger partial charge in [-0.05, 0) is 18.2 Å². The maximum atomic E-state index is 11.6. The number of hydrogen-bond acceptors (Lipinski definition) is 3. The molecule has 0 unspecified atom stereocenters. The molecule has 19 heavy (non-hydrogen) atoms. The van der Waals surface area contributed by atoms with Gasteiger partial charge in [0, 0.05) is 18.5 Å². The Kier molecular flexibility index (Phi) is 2.83. The van der Waals surface area contributed by atoms with Crippen molar-refractivity contribution < 1.29 is 4.79 Å². The molecule has 0 saturated carbocycles. The van der Waals surface area contributed by atoms with Crippen LogP contribution in [-0.4, -0.2) is 20.5 Å². The van der Waals surface area contributed by atoms with E-state index in [0.717, 1.165) is 16.6 Å². The van der Waals surface area contributed by atoms with Crippen LogP contribution in [0.2, 0.25) is 0 Å². The Morgan fingerprint density at radius 2 is 1.95 bits per heavy atom. The van der Waals surface area contributed by atoms with Gasteiger partial charge in [-0.25, -0.2) is 0 Å². The molecule has 0 aliphatic carbocycles. The highest BCUT2D eigenvalue weighted by Gasteiger charge is 2.13. The lowest BCUT2D eigenvalue weighted by molar-refractivity contribution is 0.101. The van der Waals surface area contributed by atoms with E-state index in [-0.39, 0.29) is 5.78 Å². The minimum absolute atomic E-state index is 0.0176. The van der Waals surface area contributed by atoms with Gasteiger partial charge in [0.2, 0.25) is 0 Å². The fourth-order valence-corrected chi connectivity index (χ4v) is 2.15. The maximum absolute atomic E-state index is 11.6. The molecule has 0 fully saturated rings. The number of rotatable bonds is 3. The number of Topliss-reactive ketones (excluding diaryl/α,β-unsaturated/α-hetero) is 1. The van der Waals surface area contributed by atoms with E-state index in [0.29, 0.717) is 12.2 Å². The van der Waals surface area contributed by atoms with E-state index >= 15 is 0 Å². The highest BCUT2D eigenvalue weighted by atomic mass is 16.1. The molecule has 0 spiro atoms. The molecule has 4 nitrogen and oxygen atoms in total. The number of carbonyl (C=O) groups excluding carboxylic acids is 1. The molecule has 0 amide bonds. The number of carbonyl (C=O) groups is 1. The predicted molar refractivity (Wildman–Crippen MR) is 73.1 cm³/mol. The molecule has 94 valence electrons. The molecule has 2 aromatic heterocycles. The molecule has 0 N–H and O–H groups in total. The van der Waals surface area contributed by atoms with Crippen molar-refractivity contribution in [3.8, 4) is 0 Å². The monoisotopic (exact) mass is 251 g/mol. The average molecular weight is 251 g/mol. The SMILES string of the molecule is CC(=O)c1nn(Cc2ccccn2)c2ccccc12. The second kappa shape index (κ2) is 4.65. The number of benzene rings is 1. The number of pyridine rings is 1. The number of ketones is 1. The molecule has 1 aromatic carbocycles. The van der Waals surface area contributed by atoms with Crippen LogP contribution in [0.15, 0.2) is 48.7 Å². The summed E-state index contributed by atoms with van der Waals surface area (Å²) in [6.07, 6.45) is 1.76. The molecule has 0 atom stereocenters. The Labute approximate surface area is 110 Å². The molecular formula is C15H13N3O. The standard InChI is InChI=1S/C15H13N3O/c1-11(19)15-13-7-2-3-8-14(13)18(17-15)10-12-6-4-5-9-16-12/h2-9H,10H2,1H3. The van der Waals surface area contributed by atoms with Crippen LogP contribution in [0.25, 0.3) is 10.9 Å². The van der Waals surface area contributed by atoms with Crippen LogP contribution in [-0.2, 0) is 6.54 Å². The Morgan fingerprint density at radius 1 is 1.16 bits per heavy atom. The summed E-state index contributed by atoms with van der Waals surface area (Å²) in [6.45, 7) is 2.11. The molecule has 0 aliphatic rings. The highest BCUT2D eigenvalue weighted by molar-refractivity contribution is 6.04. The van der Waals surface area contributed by atoms with Crippen molar-refractivity contribution in [2.75, 3.05) is 0 Å². The van der Waals surface area contributed by atoms with E-state index < -0.39 is 0 Å². The van der Waals surface area contributed by atoms with Gasteiger partial charge in [0.15, 0.2) is 5.78 Å². The van der Waals surface area contributed by atoms with Gasteiger partial charge in [-0.1, -0.05) is 24.3 Å². The number of aromatic nitrogens is 3. The zero-order valence-corrected chi connectivity index (χ0v) is 10.6. The quantitative estimate of drug-likeness (QED) is 0.672. The van der Waals surface area contributed by atoms with Crippen molar-refractivity contribution in [3.63, 3.8) is 0 Å². The van der Waals surface area contributed by atoms with Crippen molar-refractivity contribution in [3.05, 3.63) is 60.0 Å². The Hall–Kier alpha value is -2.49. The molecule has 4 heteroatoms. The largest absolute Gasteiger partial charge is 0.293 e. The Bertz CT molecular complexity index is 731. The van der Waals surface area contributed by atoms with Gasteiger partial charge in [-0.3, -0.25) is 14.5 Å². The van der Waals surface area contributed by atoms with E-state index in [9.17, 15) is 4.79 Å². The number of para-hydroxylation sites is 1. The second-order valence-electron chi connectivity index (χ2n) is 4.40. The molecular weight excluding hydrogens is 238 g/mol. The third kappa shape index (κ3) is 2.12. The van der Waals surface area contributed by atoms with E-state index in [4.69, 9.17) is 0 Å². The Morgan fingerprint density at radius 3 is 2.68 bits per heavy atom. The van der Waals surface area contributed by atoms with Crippen molar-refractivity contribution in [2.24, 2.45) is 0 Å². The van der Waals surface area contributed by atoms with Gasteiger partial charge in [-0.15, -0.1) is 0 Å². The normalized spacial score (nSPS) is 10.8. The summed E-state index contributed by atoms with van der Waals surface area (Å²) >= 11 is 0. The van der Waals surface area contributed by atoms with Gasteiger partial charge in [-0.2, -0.15) is 5.10 Å². The molecule has 2 heterocycles. The zero-order chi connectivity index (χ0) is 13.2. The fourth-order valence-electron chi connectivity index (χ4n) is 2.15. The molecule has 0 saturated heterocycles. The molecule has 0 radical (unpaired) electrons. The molecule has 0 aliphatic heterocycles. The van der Waals surface area contributed by atoms with Crippen LogP contribution in [0.1, 0.15) is 23.1 Å². The summed E-state index contributed by atoms with van der Waals surface area (Å²) in [5.41, 5.74) is 2.40. The zero-order valence-electron chi connectivity index (χ0n) is 10.6. The lowest BCUT2D eigenvalue weighted by Crippen LogP contribution is -2.04.